The van der Waals surface area contributed by atoms with E-state index in [2.05, 4.69) is 15.5 Å². The number of thioether (sulfide) groups is 1. The molecule has 0 saturated heterocycles. The van der Waals surface area contributed by atoms with Crippen LogP contribution >= 0.6 is 23.1 Å². The van der Waals surface area contributed by atoms with Crippen molar-refractivity contribution in [1.29, 1.82) is 0 Å². The number of rotatable bonds is 7. The minimum absolute atomic E-state index is 0.0522. The largest absolute Gasteiger partial charge is 0.394 e. The highest BCUT2D eigenvalue weighted by atomic mass is 32.2. The van der Waals surface area contributed by atoms with E-state index in [1.54, 1.807) is 17.3 Å². The fraction of sp³-hybridized carbons (Fsp3) is 0.385. The van der Waals surface area contributed by atoms with Crippen molar-refractivity contribution in [3.63, 3.8) is 0 Å². The van der Waals surface area contributed by atoms with E-state index >= 15 is 0 Å². The van der Waals surface area contributed by atoms with Gasteiger partial charge in [0.2, 0.25) is 0 Å². The molecule has 0 saturated carbocycles. The van der Waals surface area contributed by atoms with E-state index in [0.717, 1.165) is 22.2 Å². The van der Waals surface area contributed by atoms with Crippen molar-refractivity contribution in [3.05, 3.63) is 41.4 Å². The lowest BCUT2D eigenvalue weighted by atomic mass is 9.92. The zero-order valence-electron chi connectivity index (χ0n) is 10.7. The van der Waals surface area contributed by atoms with E-state index in [1.165, 1.54) is 11.3 Å². The lowest BCUT2D eigenvalue weighted by Crippen LogP contribution is -2.47. The van der Waals surface area contributed by atoms with Gasteiger partial charge < -0.3 is 10.4 Å². The van der Waals surface area contributed by atoms with Gasteiger partial charge in [-0.3, -0.25) is 0 Å². The van der Waals surface area contributed by atoms with E-state index in [4.69, 9.17) is 0 Å². The SMILES string of the molecule is CCNC(CO)(CSc1nncs1)c1ccccc1. The molecule has 2 rings (SSSR count). The van der Waals surface area contributed by atoms with Crippen molar-refractivity contribution in [2.24, 2.45) is 0 Å². The highest BCUT2D eigenvalue weighted by Gasteiger charge is 2.31. The molecule has 0 fully saturated rings. The van der Waals surface area contributed by atoms with Crippen molar-refractivity contribution >= 4 is 23.1 Å². The fourth-order valence-electron chi connectivity index (χ4n) is 1.94. The van der Waals surface area contributed by atoms with Crippen LogP contribution in [0.15, 0.2) is 40.2 Å². The number of aliphatic hydroxyl groups is 1. The van der Waals surface area contributed by atoms with Crippen LogP contribution in [0.4, 0.5) is 0 Å². The molecule has 2 aromatic rings. The highest BCUT2D eigenvalue weighted by Crippen LogP contribution is 2.30. The quantitative estimate of drug-likeness (QED) is 0.766. The Morgan fingerprint density at radius 1 is 1.37 bits per heavy atom. The maximum Gasteiger partial charge on any atom is 0.174 e. The van der Waals surface area contributed by atoms with Crippen LogP contribution in [0, 0.1) is 0 Å². The standard InChI is InChI=1S/C13H17N3OS2/c1-2-14-13(8-17,11-6-4-3-5-7-11)9-18-12-16-15-10-19-12/h3-7,10,14,17H,2,8-9H2,1H3. The van der Waals surface area contributed by atoms with Gasteiger partial charge in [0.15, 0.2) is 4.34 Å². The lowest BCUT2D eigenvalue weighted by Gasteiger charge is -2.32. The second kappa shape index (κ2) is 7.00. The van der Waals surface area contributed by atoms with Crippen LogP contribution in [0.1, 0.15) is 12.5 Å². The Morgan fingerprint density at radius 2 is 2.16 bits per heavy atom. The summed E-state index contributed by atoms with van der Waals surface area (Å²) in [5.74, 6) is 0.719. The van der Waals surface area contributed by atoms with Gasteiger partial charge in [-0.15, -0.1) is 10.2 Å². The summed E-state index contributed by atoms with van der Waals surface area (Å²) in [5.41, 5.74) is 2.38. The molecule has 1 aromatic heterocycles. The Labute approximate surface area is 121 Å². The summed E-state index contributed by atoms with van der Waals surface area (Å²) < 4.78 is 0.923. The van der Waals surface area contributed by atoms with Gasteiger partial charge in [0, 0.05) is 5.75 Å². The van der Waals surface area contributed by atoms with E-state index in [1.807, 2.05) is 37.3 Å². The molecule has 1 unspecified atom stereocenters. The Balaban J connectivity index is 2.18. The Bertz CT molecular complexity index is 478. The van der Waals surface area contributed by atoms with Gasteiger partial charge in [0.05, 0.1) is 12.1 Å². The molecule has 0 spiro atoms. The van der Waals surface area contributed by atoms with Gasteiger partial charge in [-0.05, 0) is 12.1 Å². The van der Waals surface area contributed by atoms with Crippen LogP contribution < -0.4 is 5.32 Å². The van der Waals surface area contributed by atoms with Crippen molar-refractivity contribution < 1.29 is 5.11 Å². The fourth-order valence-corrected chi connectivity index (χ4v) is 3.63. The average molecular weight is 295 g/mol. The molecule has 0 aliphatic heterocycles. The highest BCUT2D eigenvalue weighted by molar-refractivity contribution is 8.01. The van der Waals surface area contributed by atoms with E-state index < -0.39 is 5.54 Å². The first-order valence-electron chi connectivity index (χ1n) is 6.11. The number of benzene rings is 1. The summed E-state index contributed by atoms with van der Waals surface area (Å²) in [6, 6.07) is 10.0. The molecule has 0 radical (unpaired) electrons. The first-order chi connectivity index (χ1) is 9.30. The molecule has 0 aliphatic rings. The molecule has 2 N–H and O–H groups in total. The van der Waals surface area contributed by atoms with E-state index in [0.29, 0.717) is 0 Å². The van der Waals surface area contributed by atoms with Gasteiger partial charge >= 0.3 is 0 Å². The van der Waals surface area contributed by atoms with E-state index in [9.17, 15) is 5.11 Å². The maximum absolute atomic E-state index is 9.88. The third kappa shape index (κ3) is 3.54. The first-order valence-corrected chi connectivity index (χ1v) is 7.97. The molecular formula is C13H17N3OS2. The Hall–Kier alpha value is -0.950. The third-order valence-corrected chi connectivity index (χ3v) is 4.98. The molecule has 4 nitrogen and oxygen atoms in total. The smallest absolute Gasteiger partial charge is 0.174 e. The molecule has 1 atom stereocenters. The zero-order chi connectivity index (χ0) is 13.6. The Kier molecular flexibility index (Phi) is 5.33. The summed E-state index contributed by atoms with van der Waals surface area (Å²) >= 11 is 3.13. The minimum Gasteiger partial charge on any atom is -0.394 e. The van der Waals surface area contributed by atoms with Crippen molar-refractivity contribution in [2.75, 3.05) is 18.9 Å². The summed E-state index contributed by atoms with van der Waals surface area (Å²) in [6.07, 6.45) is 0. The minimum atomic E-state index is -0.438. The average Bonchev–Trinajstić information content (AvgIpc) is 2.98. The number of nitrogens with one attached hydrogen (secondary N) is 1. The predicted octanol–water partition coefficient (Wildman–Crippen LogP) is 2.13. The summed E-state index contributed by atoms with van der Waals surface area (Å²) in [5, 5.41) is 21.2. The molecule has 0 bridgehead atoms. The van der Waals surface area contributed by atoms with Crippen molar-refractivity contribution in [3.8, 4) is 0 Å². The normalized spacial score (nSPS) is 14.2. The number of nitrogens with zero attached hydrogens (tertiary/aromatic N) is 2. The summed E-state index contributed by atoms with van der Waals surface area (Å²) in [7, 11) is 0. The number of aromatic nitrogens is 2. The molecule has 0 amide bonds. The van der Waals surface area contributed by atoms with Gasteiger partial charge in [-0.1, -0.05) is 60.4 Å². The molecule has 102 valence electrons. The summed E-state index contributed by atoms with van der Waals surface area (Å²) in [4.78, 5) is 0. The molecular weight excluding hydrogens is 278 g/mol. The third-order valence-electron chi connectivity index (χ3n) is 2.89. The van der Waals surface area contributed by atoms with Crippen molar-refractivity contribution in [1.82, 2.24) is 15.5 Å². The topological polar surface area (TPSA) is 58.0 Å². The van der Waals surface area contributed by atoms with Crippen molar-refractivity contribution in [2.45, 2.75) is 16.8 Å². The second-order valence-corrected chi connectivity index (χ2v) is 6.19. The maximum atomic E-state index is 9.88. The van der Waals surface area contributed by atoms with Gasteiger partial charge in [-0.2, -0.15) is 0 Å². The lowest BCUT2D eigenvalue weighted by molar-refractivity contribution is 0.181. The predicted molar refractivity (Wildman–Crippen MR) is 79.5 cm³/mol. The molecule has 19 heavy (non-hydrogen) atoms. The first kappa shape index (κ1) is 14.5. The monoisotopic (exact) mass is 295 g/mol. The molecule has 6 heteroatoms. The molecule has 1 heterocycles. The van der Waals surface area contributed by atoms with E-state index in [-0.39, 0.29) is 6.61 Å². The van der Waals surface area contributed by atoms with Gasteiger partial charge in [0.25, 0.3) is 0 Å². The number of likely N-dealkylation sites (N-methyl/N-ethyl adjacent to an activating group) is 1. The van der Waals surface area contributed by atoms with Gasteiger partial charge in [-0.25, -0.2) is 0 Å². The Morgan fingerprint density at radius 3 is 2.74 bits per heavy atom. The van der Waals surface area contributed by atoms with Crippen LogP contribution in [-0.4, -0.2) is 34.2 Å². The number of hydrogen-bond donors (Lipinski definition) is 2. The van der Waals surface area contributed by atoms with Crippen LogP contribution in [0.3, 0.4) is 0 Å². The molecule has 0 aliphatic carbocycles. The van der Waals surface area contributed by atoms with Crippen LogP contribution in [-0.2, 0) is 5.54 Å². The number of hydrogen-bond acceptors (Lipinski definition) is 6. The second-order valence-electron chi connectivity index (χ2n) is 4.13. The summed E-state index contributed by atoms with van der Waals surface area (Å²) in [6.45, 7) is 2.89. The van der Waals surface area contributed by atoms with Crippen LogP contribution in [0.25, 0.3) is 0 Å². The number of aliphatic hydroxyl groups excluding tert-OH is 1. The van der Waals surface area contributed by atoms with Crippen LogP contribution in [0.5, 0.6) is 0 Å². The molecule has 1 aromatic carbocycles. The van der Waals surface area contributed by atoms with Gasteiger partial charge in [0.1, 0.15) is 5.51 Å². The zero-order valence-corrected chi connectivity index (χ0v) is 12.4. The van der Waals surface area contributed by atoms with Crippen LogP contribution in [0.2, 0.25) is 0 Å².